The molecule has 0 aromatic rings. The lowest BCUT2D eigenvalue weighted by atomic mass is 10.2. The minimum Gasteiger partial charge on any atom is -0.365 e. The van der Waals surface area contributed by atoms with Crippen molar-refractivity contribution in [3.63, 3.8) is 0 Å². The number of rotatable bonds is 3. The van der Waals surface area contributed by atoms with Gasteiger partial charge in [0.05, 0.1) is 0 Å². The number of hydrogen-bond donors (Lipinski definition) is 0. The van der Waals surface area contributed by atoms with E-state index >= 15 is 0 Å². The number of allylic oxidation sites excluding steroid dienone is 1. The summed E-state index contributed by atoms with van der Waals surface area (Å²) in [5.41, 5.74) is 0. The zero-order valence-electron chi connectivity index (χ0n) is 11.0. The van der Waals surface area contributed by atoms with Crippen molar-refractivity contribution in [2.75, 3.05) is 19.6 Å². The van der Waals surface area contributed by atoms with Crippen LogP contribution in [-0.2, 0) is 9.59 Å². The van der Waals surface area contributed by atoms with E-state index in [4.69, 9.17) is 0 Å². The van der Waals surface area contributed by atoms with Crippen molar-refractivity contribution in [1.82, 2.24) is 9.80 Å². The monoisotopic (exact) mass is 290 g/mol. The van der Waals surface area contributed by atoms with Crippen LogP contribution in [0.2, 0.25) is 0 Å². The molecule has 0 radical (unpaired) electrons. The van der Waals surface area contributed by atoms with Gasteiger partial charge in [-0.3, -0.25) is 9.59 Å². The highest BCUT2D eigenvalue weighted by Gasteiger charge is 2.37. The number of carbonyl (C=O) groups excluding carboxylic acids is 2. The molecule has 0 bridgehead atoms. The van der Waals surface area contributed by atoms with Gasteiger partial charge in [0.2, 0.25) is 5.91 Å². The molecular formula is C13H17F3N2O2. The summed E-state index contributed by atoms with van der Waals surface area (Å²) in [5.74, 6) is -1.93. The van der Waals surface area contributed by atoms with Crippen LogP contribution in [0.5, 0.6) is 0 Å². The smallest absolute Gasteiger partial charge is 0.365 e. The average Bonchev–Trinajstić information content (AvgIpc) is 3.04. The lowest BCUT2D eigenvalue weighted by molar-refractivity contribution is -0.165. The van der Waals surface area contributed by atoms with Gasteiger partial charge in [-0.05, 0) is 25.7 Å². The fourth-order valence-electron chi connectivity index (χ4n) is 2.64. The molecule has 0 N–H and O–H groups in total. The van der Waals surface area contributed by atoms with Crippen molar-refractivity contribution in [2.45, 2.75) is 37.9 Å². The van der Waals surface area contributed by atoms with Crippen LogP contribution in [0.1, 0.15) is 25.7 Å². The summed E-state index contributed by atoms with van der Waals surface area (Å²) < 4.78 is 36.4. The minimum atomic E-state index is -4.86. The molecule has 112 valence electrons. The molecule has 0 aromatic carbocycles. The minimum absolute atomic E-state index is 0.0379. The molecule has 2 aliphatic rings. The van der Waals surface area contributed by atoms with E-state index in [-0.39, 0.29) is 5.91 Å². The van der Waals surface area contributed by atoms with Crippen molar-refractivity contribution >= 4 is 11.7 Å². The van der Waals surface area contributed by atoms with Crippen molar-refractivity contribution in [2.24, 2.45) is 0 Å². The summed E-state index contributed by atoms with van der Waals surface area (Å²) in [6, 6.07) is -0.426. The average molecular weight is 290 g/mol. The van der Waals surface area contributed by atoms with E-state index in [9.17, 15) is 22.8 Å². The molecule has 0 saturated carbocycles. The highest BCUT2D eigenvalue weighted by molar-refractivity contribution is 5.94. The van der Waals surface area contributed by atoms with E-state index in [1.807, 2.05) is 0 Å². The first-order valence-electron chi connectivity index (χ1n) is 6.73. The fraction of sp³-hybridized carbons (Fsp3) is 0.692. The number of amides is 1. The molecule has 2 heterocycles. The maximum Gasteiger partial charge on any atom is 0.454 e. The van der Waals surface area contributed by atoms with Gasteiger partial charge in [0, 0.05) is 31.9 Å². The number of nitrogens with zero attached hydrogens (tertiary/aromatic N) is 2. The van der Waals surface area contributed by atoms with Crippen molar-refractivity contribution < 1.29 is 22.8 Å². The van der Waals surface area contributed by atoms with Gasteiger partial charge in [0.1, 0.15) is 6.04 Å². The van der Waals surface area contributed by atoms with Gasteiger partial charge in [0.15, 0.2) is 0 Å². The van der Waals surface area contributed by atoms with E-state index in [0.717, 1.165) is 25.5 Å². The van der Waals surface area contributed by atoms with Crippen LogP contribution < -0.4 is 0 Å². The summed E-state index contributed by atoms with van der Waals surface area (Å²) in [6.07, 6.45) is 0.0815. The Morgan fingerprint density at radius 3 is 2.30 bits per heavy atom. The Labute approximate surface area is 115 Å². The lowest BCUT2D eigenvalue weighted by Crippen LogP contribution is -2.42. The quantitative estimate of drug-likeness (QED) is 0.743. The van der Waals surface area contributed by atoms with E-state index in [0.29, 0.717) is 32.1 Å². The Hall–Kier alpha value is -1.53. The summed E-state index contributed by atoms with van der Waals surface area (Å²) in [5, 5.41) is 0. The van der Waals surface area contributed by atoms with Crippen LogP contribution in [0.3, 0.4) is 0 Å². The van der Waals surface area contributed by atoms with Gasteiger partial charge in [-0.1, -0.05) is 0 Å². The summed E-state index contributed by atoms with van der Waals surface area (Å²) >= 11 is 0. The van der Waals surface area contributed by atoms with Crippen molar-refractivity contribution in [3.05, 3.63) is 12.3 Å². The second-order valence-corrected chi connectivity index (χ2v) is 5.11. The molecule has 7 heteroatoms. The van der Waals surface area contributed by atoms with Crippen LogP contribution in [0.15, 0.2) is 12.3 Å². The van der Waals surface area contributed by atoms with Gasteiger partial charge in [-0.2, -0.15) is 13.2 Å². The van der Waals surface area contributed by atoms with Crippen LogP contribution >= 0.6 is 0 Å². The summed E-state index contributed by atoms with van der Waals surface area (Å²) in [4.78, 5) is 26.4. The van der Waals surface area contributed by atoms with Crippen molar-refractivity contribution in [1.29, 1.82) is 0 Å². The Kier molecular flexibility index (Phi) is 4.35. The number of likely N-dealkylation sites (tertiary alicyclic amines) is 2. The fourth-order valence-corrected chi connectivity index (χ4v) is 2.64. The molecule has 2 aliphatic heterocycles. The zero-order valence-corrected chi connectivity index (χ0v) is 11.0. The standard InChI is InChI=1S/C13H17F3N2O2/c14-13(15,16)11(19)5-9-17-8-3-4-10(17)12(20)18-6-1-2-7-18/h5,9-10H,1-4,6-8H2. The Morgan fingerprint density at radius 2 is 1.70 bits per heavy atom. The molecule has 4 nitrogen and oxygen atoms in total. The topological polar surface area (TPSA) is 40.6 Å². The summed E-state index contributed by atoms with van der Waals surface area (Å²) in [6.45, 7) is 1.94. The second kappa shape index (κ2) is 5.85. The Bertz CT molecular complexity index is 414. The van der Waals surface area contributed by atoms with Gasteiger partial charge in [-0.25, -0.2) is 0 Å². The molecule has 1 atom stereocenters. The first-order chi connectivity index (χ1) is 9.39. The zero-order chi connectivity index (χ0) is 14.8. The highest BCUT2D eigenvalue weighted by Crippen LogP contribution is 2.23. The third-order valence-corrected chi connectivity index (χ3v) is 3.69. The van der Waals surface area contributed by atoms with Crippen molar-refractivity contribution in [3.8, 4) is 0 Å². The highest BCUT2D eigenvalue weighted by atomic mass is 19.4. The first-order valence-corrected chi connectivity index (χ1v) is 6.73. The number of ketones is 1. The molecular weight excluding hydrogens is 273 g/mol. The molecule has 20 heavy (non-hydrogen) atoms. The van der Waals surface area contributed by atoms with E-state index in [1.165, 1.54) is 0 Å². The molecule has 2 fully saturated rings. The third kappa shape index (κ3) is 3.32. The maximum absolute atomic E-state index is 12.2. The Morgan fingerprint density at radius 1 is 1.05 bits per heavy atom. The van der Waals surface area contributed by atoms with E-state index in [1.54, 1.807) is 9.80 Å². The lowest BCUT2D eigenvalue weighted by Gasteiger charge is -2.26. The normalized spacial score (nSPS) is 23.9. The number of hydrogen-bond acceptors (Lipinski definition) is 3. The maximum atomic E-state index is 12.2. The first kappa shape index (κ1) is 14.9. The van der Waals surface area contributed by atoms with Gasteiger partial charge >= 0.3 is 6.18 Å². The molecule has 2 rings (SSSR count). The molecule has 1 unspecified atom stereocenters. The molecule has 1 amide bonds. The van der Waals surface area contributed by atoms with Crippen LogP contribution in [0.4, 0.5) is 13.2 Å². The van der Waals surface area contributed by atoms with Crippen LogP contribution in [-0.4, -0.2) is 53.3 Å². The number of carbonyl (C=O) groups is 2. The second-order valence-electron chi connectivity index (χ2n) is 5.11. The van der Waals surface area contributed by atoms with Gasteiger partial charge < -0.3 is 9.80 Å². The van der Waals surface area contributed by atoms with Gasteiger partial charge in [-0.15, -0.1) is 0 Å². The largest absolute Gasteiger partial charge is 0.454 e. The van der Waals surface area contributed by atoms with Crippen LogP contribution in [0, 0.1) is 0 Å². The van der Waals surface area contributed by atoms with E-state index < -0.39 is 18.0 Å². The number of alkyl halides is 3. The van der Waals surface area contributed by atoms with Gasteiger partial charge in [0.25, 0.3) is 5.78 Å². The third-order valence-electron chi connectivity index (χ3n) is 3.69. The number of halogens is 3. The predicted octanol–water partition coefficient (Wildman–Crippen LogP) is 1.72. The Balaban J connectivity index is 1.98. The molecule has 0 aliphatic carbocycles. The summed E-state index contributed by atoms with van der Waals surface area (Å²) in [7, 11) is 0. The molecule has 0 aromatic heterocycles. The molecule has 2 saturated heterocycles. The predicted molar refractivity (Wildman–Crippen MR) is 65.7 cm³/mol. The SMILES string of the molecule is O=C(C1CCCN1C=CC(=O)C(F)(F)F)N1CCCC1. The van der Waals surface area contributed by atoms with Crippen LogP contribution in [0.25, 0.3) is 0 Å². The van der Waals surface area contributed by atoms with E-state index in [2.05, 4.69) is 0 Å². The molecule has 0 spiro atoms.